The average molecular weight is 258 g/mol. The minimum atomic E-state index is 0.370. The van der Waals surface area contributed by atoms with Gasteiger partial charge in [-0.25, -0.2) is 4.98 Å². The number of hydrogen-bond acceptors (Lipinski definition) is 3. The van der Waals surface area contributed by atoms with Gasteiger partial charge >= 0.3 is 0 Å². The number of fused-ring (bicyclic) bond motifs is 1. The Hall–Kier alpha value is -1.39. The molecule has 1 aromatic heterocycles. The first-order valence-electron chi connectivity index (χ1n) is 7.07. The maximum Gasteiger partial charge on any atom is 0.104 e. The highest BCUT2D eigenvalue weighted by Gasteiger charge is 2.34. The zero-order chi connectivity index (χ0) is 13.3. The van der Waals surface area contributed by atoms with Crippen molar-refractivity contribution in [3.63, 3.8) is 0 Å². The summed E-state index contributed by atoms with van der Waals surface area (Å²) in [5.41, 5.74) is 9.70. The Morgan fingerprint density at radius 2 is 2.26 bits per heavy atom. The van der Waals surface area contributed by atoms with Gasteiger partial charge in [-0.15, -0.1) is 0 Å². The van der Waals surface area contributed by atoms with E-state index in [4.69, 9.17) is 5.73 Å². The molecular weight excluding hydrogens is 236 g/mol. The second-order valence-corrected chi connectivity index (χ2v) is 5.83. The summed E-state index contributed by atoms with van der Waals surface area (Å²) in [5, 5.41) is 3.55. The second-order valence-electron chi connectivity index (χ2n) is 5.83. The lowest BCUT2D eigenvalue weighted by atomic mass is 9.69. The number of H-pyrrole nitrogens is 1. The van der Waals surface area contributed by atoms with Crippen molar-refractivity contribution in [3.05, 3.63) is 29.6 Å². The third-order valence-electron chi connectivity index (χ3n) is 4.34. The molecule has 0 unspecified atom stereocenters. The first-order valence-corrected chi connectivity index (χ1v) is 7.07. The Bertz CT molecular complexity index is 563. The van der Waals surface area contributed by atoms with Crippen molar-refractivity contribution < 1.29 is 0 Å². The average Bonchev–Trinajstić information content (AvgIpc) is 2.72. The minimum Gasteiger partial charge on any atom is -0.342 e. The summed E-state index contributed by atoms with van der Waals surface area (Å²) >= 11 is 0. The van der Waals surface area contributed by atoms with Crippen LogP contribution >= 0.6 is 0 Å². The smallest absolute Gasteiger partial charge is 0.104 e. The van der Waals surface area contributed by atoms with Crippen LogP contribution in [0.15, 0.2) is 18.2 Å². The van der Waals surface area contributed by atoms with E-state index in [2.05, 4.69) is 33.5 Å². The first kappa shape index (κ1) is 12.6. The van der Waals surface area contributed by atoms with Crippen molar-refractivity contribution in [1.29, 1.82) is 0 Å². The lowest BCUT2D eigenvalue weighted by Gasteiger charge is -2.41. The van der Waals surface area contributed by atoms with E-state index in [1.54, 1.807) is 0 Å². The molecule has 1 heterocycles. The van der Waals surface area contributed by atoms with Crippen molar-refractivity contribution in [3.8, 4) is 0 Å². The monoisotopic (exact) mass is 258 g/mol. The highest BCUT2D eigenvalue weighted by molar-refractivity contribution is 5.75. The molecule has 102 valence electrons. The van der Waals surface area contributed by atoms with E-state index >= 15 is 0 Å². The molecule has 0 spiro atoms. The molecule has 4 N–H and O–H groups in total. The zero-order valence-electron chi connectivity index (χ0n) is 11.5. The Morgan fingerprint density at radius 3 is 2.95 bits per heavy atom. The fourth-order valence-corrected chi connectivity index (χ4v) is 2.90. The quantitative estimate of drug-likeness (QED) is 0.769. The molecule has 1 fully saturated rings. The number of nitrogens with two attached hydrogens (primary N) is 1. The lowest BCUT2D eigenvalue weighted by molar-refractivity contribution is 0.141. The molecule has 0 atom stereocenters. The second kappa shape index (κ2) is 4.94. The fourth-order valence-electron chi connectivity index (χ4n) is 2.90. The fraction of sp³-hybridized carbons (Fsp3) is 0.533. The predicted octanol–water partition coefficient (Wildman–Crippen LogP) is 2.09. The molecule has 0 radical (unpaired) electrons. The van der Waals surface area contributed by atoms with Gasteiger partial charge in [-0.1, -0.05) is 12.5 Å². The molecule has 1 aromatic carbocycles. The molecule has 4 nitrogen and oxygen atoms in total. The van der Waals surface area contributed by atoms with Gasteiger partial charge in [0.25, 0.3) is 0 Å². The van der Waals surface area contributed by atoms with E-state index in [0.29, 0.717) is 5.41 Å². The van der Waals surface area contributed by atoms with Crippen LogP contribution in [-0.2, 0) is 6.54 Å². The lowest BCUT2D eigenvalue weighted by Crippen LogP contribution is -2.45. The SMILES string of the molecule is Cc1nc2ccc(CNCC3(CN)CCC3)cc2[nH]1. The molecule has 1 aliphatic carbocycles. The Balaban J connectivity index is 1.62. The number of benzene rings is 1. The topological polar surface area (TPSA) is 66.7 Å². The van der Waals surface area contributed by atoms with Crippen LogP contribution in [0.1, 0.15) is 30.7 Å². The molecule has 0 saturated heterocycles. The van der Waals surface area contributed by atoms with Crippen molar-refractivity contribution >= 4 is 11.0 Å². The van der Waals surface area contributed by atoms with E-state index in [0.717, 1.165) is 36.5 Å². The Kier molecular flexibility index (Phi) is 3.29. The number of aryl methyl sites for hydroxylation is 1. The van der Waals surface area contributed by atoms with E-state index in [1.165, 1.54) is 24.8 Å². The molecule has 2 aromatic rings. The Morgan fingerprint density at radius 1 is 1.42 bits per heavy atom. The van der Waals surface area contributed by atoms with E-state index in [-0.39, 0.29) is 0 Å². The number of nitrogens with one attached hydrogen (secondary N) is 2. The summed E-state index contributed by atoms with van der Waals surface area (Å²) in [7, 11) is 0. The number of imidazole rings is 1. The van der Waals surface area contributed by atoms with Gasteiger partial charge in [-0.2, -0.15) is 0 Å². The normalized spacial score (nSPS) is 17.6. The summed E-state index contributed by atoms with van der Waals surface area (Å²) in [6.07, 6.45) is 3.88. The molecule has 4 heteroatoms. The van der Waals surface area contributed by atoms with E-state index in [1.807, 2.05) is 6.92 Å². The zero-order valence-corrected chi connectivity index (χ0v) is 11.5. The van der Waals surface area contributed by atoms with Crippen molar-refractivity contribution in [2.75, 3.05) is 13.1 Å². The van der Waals surface area contributed by atoms with Crippen molar-refractivity contribution in [2.24, 2.45) is 11.1 Å². The summed E-state index contributed by atoms with van der Waals surface area (Å²) < 4.78 is 0. The number of hydrogen-bond donors (Lipinski definition) is 3. The van der Waals surface area contributed by atoms with Crippen LogP contribution in [-0.4, -0.2) is 23.1 Å². The Labute approximate surface area is 113 Å². The van der Waals surface area contributed by atoms with E-state index in [9.17, 15) is 0 Å². The van der Waals surface area contributed by atoms with Crippen molar-refractivity contribution in [2.45, 2.75) is 32.7 Å². The van der Waals surface area contributed by atoms with Crippen LogP contribution < -0.4 is 11.1 Å². The molecule has 1 aliphatic rings. The van der Waals surface area contributed by atoms with Gasteiger partial charge in [0.1, 0.15) is 5.82 Å². The maximum atomic E-state index is 5.87. The van der Waals surface area contributed by atoms with Crippen LogP contribution in [0.25, 0.3) is 11.0 Å². The van der Waals surface area contributed by atoms with Gasteiger partial charge in [0.15, 0.2) is 0 Å². The van der Waals surface area contributed by atoms with Crippen molar-refractivity contribution in [1.82, 2.24) is 15.3 Å². The summed E-state index contributed by atoms with van der Waals surface area (Å²) in [4.78, 5) is 7.70. The predicted molar refractivity (Wildman–Crippen MR) is 77.9 cm³/mol. The van der Waals surface area contributed by atoms with Crippen LogP contribution in [0.2, 0.25) is 0 Å². The third kappa shape index (κ3) is 2.51. The molecule has 1 saturated carbocycles. The molecular formula is C15H22N4. The van der Waals surface area contributed by atoms with Gasteiger partial charge in [0, 0.05) is 13.1 Å². The molecule has 0 aliphatic heterocycles. The molecule has 3 rings (SSSR count). The van der Waals surface area contributed by atoms with Crippen LogP contribution in [0.4, 0.5) is 0 Å². The number of nitrogens with zero attached hydrogens (tertiary/aromatic N) is 1. The minimum absolute atomic E-state index is 0.370. The largest absolute Gasteiger partial charge is 0.342 e. The highest BCUT2D eigenvalue weighted by atomic mass is 14.9. The third-order valence-corrected chi connectivity index (χ3v) is 4.34. The number of aromatic nitrogens is 2. The van der Waals surface area contributed by atoms with Crippen LogP contribution in [0.5, 0.6) is 0 Å². The van der Waals surface area contributed by atoms with Gasteiger partial charge in [-0.3, -0.25) is 0 Å². The standard InChI is InChI=1S/C15H22N4/c1-11-18-13-4-3-12(7-14(13)19-11)8-17-10-15(9-16)5-2-6-15/h3-4,7,17H,2,5-6,8-10,16H2,1H3,(H,18,19). The molecule has 0 bridgehead atoms. The summed E-state index contributed by atoms with van der Waals surface area (Å²) in [6, 6.07) is 6.40. The van der Waals surface area contributed by atoms with Gasteiger partial charge in [0.2, 0.25) is 0 Å². The van der Waals surface area contributed by atoms with Gasteiger partial charge in [-0.05, 0) is 49.4 Å². The molecule has 0 amide bonds. The van der Waals surface area contributed by atoms with Crippen LogP contribution in [0, 0.1) is 12.3 Å². The highest BCUT2D eigenvalue weighted by Crippen LogP contribution is 2.39. The number of rotatable bonds is 5. The van der Waals surface area contributed by atoms with E-state index < -0.39 is 0 Å². The first-order chi connectivity index (χ1) is 9.21. The number of aromatic amines is 1. The van der Waals surface area contributed by atoms with Gasteiger partial charge in [0.05, 0.1) is 11.0 Å². The molecule has 19 heavy (non-hydrogen) atoms. The summed E-state index contributed by atoms with van der Waals surface area (Å²) in [6.45, 7) is 4.72. The maximum absolute atomic E-state index is 5.87. The van der Waals surface area contributed by atoms with Gasteiger partial charge < -0.3 is 16.0 Å². The summed E-state index contributed by atoms with van der Waals surface area (Å²) in [5.74, 6) is 0.969. The van der Waals surface area contributed by atoms with Crippen LogP contribution in [0.3, 0.4) is 0 Å².